The number of fused-ring (bicyclic) bond motifs is 1. The summed E-state index contributed by atoms with van der Waals surface area (Å²) in [7, 11) is 3.51. The van der Waals surface area contributed by atoms with E-state index in [0.29, 0.717) is 23.7 Å². The molecule has 0 N–H and O–H groups in total. The molecule has 1 saturated heterocycles. The van der Waals surface area contributed by atoms with Crippen molar-refractivity contribution in [2.45, 2.75) is 19.4 Å². The maximum Gasteiger partial charge on any atom is 0.236 e. The van der Waals surface area contributed by atoms with Crippen LogP contribution in [0.5, 0.6) is 5.75 Å². The molecule has 0 saturated carbocycles. The molecule has 0 radical (unpaired) electrons. The lowest BCUT2D eigenvalue weighted by Crippen LogP contribution is -2.43. The third-order valence-electron chi connectivity index (χ3n) is 6.40. The lowest BCUT2D eigenvalue weighted by Gasteiger charge is -2.32. The first-order valence-electron chi connectivity index (χ1n) is 11.3. The summed E-state index contributed by atoms with van der Waals surface area (Å²) in [5.74, 6) is 1.10. The summed E-state index contributed by atoms with van der Waals surface area (Å²) >= 11 is 5.92. The van der Waals surface area contributed by atoms with E-state index in [4.69, 9.17) is 16.3 Å². The minimum atomic E-state index is 0.00600. The Morgan fingerprint density at radius 3 is 2.36 bits per heavy atom. The molecule has 1 heterocycles. The molecular weight excluding hydrogens is 436 g/mol. The van der Waals surface area contributed by atoms with Crippen LogP contribution >= 0.6 is 11.6 Å². The molecule has 5 nitrogen and oxygen atoms in total. The molecule has 0 aliphatic carbocycles. The van der Waals surface area contributed by atoms with Crippen molar-refractivity contribution >= 4 is 34.1 Å². The number of rotatable bonds is 7. The Morgan fingerprint density at radius 1 is 1.00 bits per heavy atom. The second-order valence-corrected chi connectivity index (χ2v) is 9.16. The first-order chi connectivity index (χ1) is 15.9. The minimum Gasteiger partial charge on any atom is -0.497 e. The van der Waals surface area contributed by atoms with E-state index in [1.807, 2.05) is 25.2 Å². The average Bonchev–Trinajstić information content (AvgIpc) is 2.84. The molecular formula is C27H29ClN2O3. The van der Waals surface area contributed by atoms with E-state index < -0.39 is 0 Å². The number of likely N-dealkylation sites (tertiary alicyclic amines) is 1. The smallest absolute Gasteiger partial charge is 0.236 e. The molecule has 3 aromatic rings. The second-order valence-electron chi connectivity index (χ2n) is 8.72. The van der Waals surface area contributed by atoms with E-state index in [0.717, 1.165) is 48.0 Å². The van der Waals surface area contributed by atoms with Gasteiger partial charge < -0.3 is 9.64 Å². The first-order valence-corrected chi connectivity index (χ1v) is 11.6. The van der Waals surface area contributed by atoms with E-state index in [1.54, 1.807) is 36.3 Å². The summed E-state index contributed by atoms with van der Waals surface area (Å²) in [4.78, 5) is 29.5. The molecule has 0 aromatic heterocycles. The fourth-order valence-electron chi connectivity index (χ4n) is 4.38. The SMILES string of the molecule is COc1ccc2cc(CN(C)C(=O)CN3CCC(C(=O)c4ccc(Cl)cc4)CC3)ccc2c1. The highest BCUT2D eigenvalue weighted by Gasteiger charge is 2.27. The van der Waals surface area contributed by atoms with Crippen molar-refractivity contribution < 1.29 is 14.3 Å². The van der Waals surface area contributed by atoms with Gasteiger partial charge in [-0.2, -0.15) is 0 Å². The number of ketones is 1. The Labute approximate surface area is 199 Å². The Bertz CT molecular complexity index is 1140. The van der Waals surface area contributed by atoms with E-state index in [1.165, 1.54) is 0 Å². The van der Waals surface area contributed by atoms with Crippen LogP contribution in [0.25, 0.3) is 10.8 Å². The van der Waals surface area contributed by atoms with E-state index in [2.05, 4.69) is 23.1 Å². The van der Waals surface area contributed by atoms with Crippen LogP contribution in [-0.2, 0) is 11.3 Å². The predicted molar refractivity (Wildman–Crippen MR) is 132 cm³/mol. The molecule has 33 heavy (non-hydrogen) atoms. The van der Waals surface area contributed by atoms with Crippen LogP contribution in [0.1, 0.15) is 28.8 Å². The number of nitrogens with zero attached hydrogens (tertiary/aromatic N) is 2. The standard InChI is InChI=1S/C27H29ClN2O3/c1-29(17-19-3-4-23-16-25(33-2)10-7-22(23)15-19)26(31)18-30-13-11-21(12-14-30)27(32)20-5-8-24(28)9-6-20/h3-10,15-16,21H,11-14,17-18H2,1-2H3. The summed E-state index contributed by atoms with van der Waals surface area (Å²) in [6.45, 7) is 2.44. The van der Waals surface area contributed by atoms with Gasteiger partial charge in [0.15, 0.2) is 5.78 Å². The summed E-state index contributed by atoms with van der Waals surface area (Å²) in [6, 6.07) is 19.3. The topological polar surface area (TPSA) is 49.9 Å². The van der Waals surface area contributed by atoms with Crippen LogP contribution in [0.15, 0.2) is 60.7 Å². The zero-order chi connectivity index (χ0) is 23.4. The highest BCUT2D eigenvalue weighted by Crippen LogP contribution is 2.24. The van der Waals surface area contributed by atoms with Gasteiger partial charge in [0, 0.05) is 30.1 Å². The number of piperidine rings is 1. The maximum absolute atomic E-state index is 12.8. The van der Waals surface area contributed by atoms with Gasteiger partial charge in [0.25, 0.3) is 0 Å². The summed E-state index contributed by atoms with van der Waals surface area (Å²) in [5.41, 5.74) is 1.80. The highest BCUT2D eigenvalue weighted by atomic mass is 35.5. The molecule has 1 aliphatic heterocycles. The van der Waals surface area contributed by atoms with Crippen LogP contribution in [0, 0.1) is 5.92 Å². The zero-order valence-electron chi connectivity index (χ0n) is 19.1. The Balaban J connectivity index is 1.28. The third-order valence-corrected chi connectivity index (χ3v) is 6.66. The molecule has 1 fully saturated rings. The van der Waals surface area contributed by atoms with Crippen LogP contribution in [-0.4, -0.2) is 55.3 Å². The second kappa shape index (κ2) is 10.4. The third kappa shape index (κ3) is 5.73. The number of methoxy groups -OCH3 is 1. The van der Waals surface area contributed by atoms with Crippen molar-refractivity contribution in [2.75, 3.05) is 33.8 Å². The van der Waals surface area contributed by atoms with E-state index >= 15 is 0 Å². The molecule has 0 bridgehead atoms. The zero-order valence-corrected chi connectivity index (χ0v) is 19.8. The number of hydrogen-bond donors (Lipinski definition) is 0. The summed E-state index contributed by atoms with van der Waals surface area (Å²) < 4.78 is 5.29. The number of Topliss-reactive ketones (excluding diaryl/α,β-unsaturated/α-hetero) is 1. The van der Waals surface area contributed by atoms with Gasteiger partial charge in [0.2, 0.25) is 5.91 Å². The van der Waals surface area contributed by atoms with Crippen LogP contribution in [0.2, 0.25) is 5.02 Å². The Kier molecular flexibility index (Phi) is 7.31. The fourth-order valence-corrected chi connectivity index (χ4v) is 4.50. The molecule has 172 valence electrons. The Morgan fingerprint density at radius 2 is 1.67 bits per heavy atom. The number of amides is 1. The molecule has 4 rings (SSSR count). The van der Waals surface area contributed by atoms with Gasteiger partial charge >= 0.3 is 0 Å². The first kappa shape index (κ1) is 23.3. The maximum atomic E-state index is 12.8. The number of hydrogen-bond acceptors (Lipinski definition) is 4. The molecule has 6 heteroatoms. The van der Waals surface area contributed by atoms with Crippen molar-refractivity contribution in [3.8, 4) is 5.75 Å². The minimum absolute atomic E-state index is 0.00600. The van der Waals surface area contributed by atoms with Crippen LogP contribution < -0.4 is 4.74 Å². The van der Waals surface area contributed by atoms with Gasteiger partial charge in [-0.05, 0) is 84.7 Å². The lowest BCUT2D eigenvalue weighted by atomic mass is 9.89. The Hall–Kier alpha value is -2.89. The number of ether oxygens (including phenoxy) is 1. The number of carbonyl (C=O) groups is 2. The van der Waals surface area contributed by atoms with Crippen LogP contribution in [0.4, 0.5) is 0 Å². The van der Waals surface area contributed by atoms with Gasteiger partial charge in [-0.1, -0.05) is 29.8 Å². The monoisotopic (exact) mass is 464 g/mol. The highest BCUT2D eigenvalue weighted by molar-refractivity contribution is 6.30. The molecule has 3 aromatic carbocycles. The fraction of sp³-hybridized carbons (Fsp3) is 0.333. The number of carbonyl (C=O) groups excluding carboxylic acids is 2. The summed E-state index contributed by atoms with van der Waals surface area (Å²) in [6.07, 6.45) is 1.54. The number of likely N-dealkylation sites (N-methyl/N-ethyl adjacent to an activating group) is 1. The van der Waals surface area contributed by atoms with Gasteiger partial charge in [-0.15, -0.1) is 0 Å². The normalized spacial score (nSPS) is 14.9. The van der Waals surface area contributed by atoms with Crippen molar-refractivity contribution in [1.29, 1.82) is 0 Å². The largest absolute Gasteiger partial charge is 0.497 e. The van der Waals surface area contributed by atoms with Crippen molar-refractivity contribution in [3.05, 3.63) is 76.8 Å². The average molecular weight is 465 g/mol. The van der Waals surface area contributed by atoms with Crippen molar-refractivity contribution in [1.82, 2.24) is 9.80 Å². The van der Waals surface area contributed by atoms with Crippen molar-refractivity contribution in [2.24, 2.45) is 5.92 Å². The van der Waals surface area contributed by atoms with Gasteiger partial charge in [-0.25, -0.2) is 0 Å². The van der Waals surface area contributed by atoms with Gasteiger partial charge in [0.05, 0.1) is 13.7 Å². The number of halogens is 1. The predicted octanol–water partition coefficient (Wildman–Crippen LogP) is 5.06. The number of benzene rings is 3. The lowest BCUT2D eigenvalue weighted by molar-refractivity contribution is -0.131. The van der Waals surface area contributed by atoms with E-state index in [9.17, 15) is 9.59 Å². The van der Waals surface area contributed by atoms with E-state index in [-0.39, 0.29) is 17.6 Å². The molecule has 0 atom stereocenters. The van der Waals surface area contributed by atoms with Gasteiger partial charge in [-0.3, -0.25) is 14.5 Å². The molecule has 0 spiro atoms. The molecule has 0 unspecified atom stereocenters. The summed E-state index contributed by atoms with van der Waals surface area (Å²) in [5, 5.41) is 2.87. The molecule has 1 amide bonds. The quantitative estimate of drug-likeness (QED) is 0.459. The van der Waals surface area contributed by atoms with Crippen molar-refractivity contribution in [3.63, 3.8) is 0 Å². The van der Waals surface area contributed by atoms with Crippen LogP contribution in [0.3, 0.4) is 0 Å². The molecule has 1 aliphatic rings. The van der Waals surface area contributed by atoms with Gasteiger partial charge in [0.1, 0.15) is 5.75 Å².